The minimum absolute atomic E-state index is 0.0498. The maximum atomic E-state index is 10.9. The van der Waals surface area contributed by atoms with Gasteiger partial charge in [0.2, 0.25) is 5.89 Å². The van der Waals surface area contributed by atoms with Crippen LogP contribution in [-0.2, 0) is 11.2 Å². The van der Waals surface area contributed by atoms with Crippen molar-refractivity contribution in [3.05, 3.63) is 41.2 Å². The fourth-order valence-electron chi connectivity index (χ4n) is 1.39. The van der Waals surface area contributed by atoms with Gasteiger partial charge >= 0.3 is 0 Å². The minimum Gasteiger partial charge on any atom is -0.441 e. The Labute approximate surface area is 98.1 Å². The fourth-order valence-corrected chi connectivity index (χ4v) is 1.58. The molecule has 0 amide bonds. The number of carbonyl (C=O) groups excluding carboxylic acids is 1. The highest BCUT2D eigenvalue weighted by Crippen LogP contribution is 2.22. The molecule has 0 radical (unpaired) electrons. The SMILES string of the molecule is CC(=O)Cc1cnc(-c2cccc(Cl)c2)o1. The number of rotatable bonds is 3. The fraction of sp³-hybridized carbons (Fsp3) is 0.167. The van der Waals surface area contributed by atoms with E-state index in [1.807, 2.05) is 12.1 Å². The first-order valence-electron chi connectivity index (χ1n) is 4.85. The molecule has 1 aromatic carbocycles. The summed E-state index contributed by atoms with van der Waals surface area (Å²) in [7, 11) is 0. The molecule has 4 heteroatoms. The Morgan fingerprint density at radius 3 is 3.00 bits per heavy atom. The zero-order valence-electron chi connectivity index (χ0n) is 8.74. The molecule has 0 fully saturated rings. The first kappa shape index (κ1) is 10.9. The Morgan fingerprint density at radius 2 is 2.31 bits per heavy atom. The van der Waals surface area contributed by atoms with E-state index in [1.165, 1.54) is 6.92 Å². The van der Waals surface area contributed by atoms with E-state index in [4.69, 9.17) is 16.0 Å². The molecule has 0 N–H and O–H groups in total. The van der Waals surface area contributed by atoms with Crippen molar-refractivity contribution >= 4 is 17.4 Å². The third kappa shape index (κ3) is 2.49. The predicted molar refractivity (Wildman–Crippen MR) is 61.3 cm³/mol. The Balaban J connectivity index is 2.28. The number of oxazole rings is 1. The lowest BCUT2D eigenvalue weighted by Crippen LogP contribution is -1.93. The van der Waals surface area contributed by atoms with Crippen LogP contribution in [0.15, 0.2) is 34.9 Å². The molecule has 0 aliphatic rings. The lowest BCUT2D eigenvalue weighted by Gasteiger charge is -1.95. The number of benzene rings is 1. The molecule has 0 saturated carbocycles. The highest BCUT2D eigenvalue weighted by Gasteiger charge is 2.08. The van der Waals surface area contributed by atoms with Gasteiger partial charge in [0.15, 0.2) is 0 Å². The summed E-state index contributed by atoms with van der Waals surface area (Å²) in [6.07, 6.45) is 1.84. The van der Waals surface area contributed by atoms with E-state index in [-0.39, 0.29) is 12.2 Å². The van der Waals surface area contributed by atoms with Crippen LogP contribution >= 0.6 is 11.6 Å². The van der Waals surface area contributed by atoms with Crippen molar-refractivity contribution in [2.75, 3.05) is 0 Å². The highest BCUT2D eigenvalue weighted by atomic mass is 35.5. The lowest BCUT2D eigenvalue weighted by molar-refractivity contribution is -0.116. The molecule has 1 heterocycles. The Bertz CT molecular complexity index is 519. The number of Topliss-reactive ketones (excluding diaryl/α,β-unsaturated/α-hetero) is 1. The summed E-state index contributed by atoms with van der Waals surface area (Å²) in [5.41, 5.74) is 0.808. The highest BCUT2D eigenvalue weighted by molar-refractivity contribution is 6.30. The number of hydrogen-bond donors (Lipinski definition) is 0. The molecule has 0 atom stereocenters. The average Bonchev–Trinajstić information content (AvgIpc) is 2.65. The van der Waals surface area contributed by atoms with E-state index >= 15 is 0 Å². The van der Waals surface area contributed by atoms with Crippen LogP contribution in [0.2, 0.25) is 5.02 Å². The van der Waals surface area contributed by atoms with Crippen LogP contribution in [0.5, 0.6) is 0 Å². The summed E-state index contributed by atoms with van der Waals surface area (Å²) >= 11 is 5.86. The second-order valence-corrected chi connectivity index (χ2v) is 3.96. The molecule has 0 bridgehead atoms. The van der Waals surface area contributed by atoms with Gasteiger partial charge in [0.05, 0.1) is 12.6 Å². The van der Waals surface area contributed by atoms with Crippen LogP contribution in [0.1, 0.15) is 12.7 Å². The summed E-state index contributed by atoms with van der Waals surface area (Å²) in [5.74, 6) is 1.11. The number of carbonyl (C=O) groups is 1. The number of hydrogen-bond acceptors (Lipinski definition) is 3. The summed E-state index contributed by atoms with van der Waals surface area (Å²) < 4.78 is 5.44. The van der Waals surface area contributed by atoms with Gasteiger partial charge in [-0.2, -0.15) is 0 Å². The molecular formula is C12H10ClNO2. The topological polar surface area (TPSA) is 43.1 Å². The molecule has 16 heavy (non-hydrogen) atoms. The largest absolute Gasteiger partial charge is 0.441 e. The van der Waals surface area contributed by atoms with Gasteiger partial charge in [-0.15, -0.1) is 0 Å². The molecule has 0 unspecified atom stereocenters. The maximum Gasteiger partial charge on any atom is 0.226 e. The van der Waals surface area contributed by atoms with Gasteiger partial charge in [-0.1, -0.05) is 17.7 Å². The van der Waals surface area contributed by atoms with Crippen molar-refractivity contribution in [3.8, 4) is 11.5 Å². The molecule has 2 aromatic rings. The van der Waals surface area contributed by atoms with Gasteiger partial charge in [0.1, 0.15) is 11.5 Å². The van der Waals surface area contributed by atoms with Gasteiger partial charge in [0, 0.05) is 10.6 Å². The Kier molecular flexibility index (Phi) is 3.06. The first-order chi connectivity index (χ1) is 7.65. The van der Waals surface area contributed by atoms with Crippen molar-refractivity contribution in [3.63, 3.8) is 0 Å². The van der Waals surface area contributed by atoms with Crippen LogP contribution in [-0.4, -0.2) is 10.8 Å². The Hall–Kier alpha value is -1.61. The quantitative estimate of drug-likeness (QED) is 0.821. The lowest BCUT2D eigenvalue weighted by atomic mass is 10.2. The van der Waals surface area contributed by atoms with E-state index in [0.717, 1.165) is 5.56 Å². The average molecular weight is 236 g/mol. The number of nitrogens with zero attached hydrogens (tertiary/aromatic N) is 1. The molecule has 1 aromatic heterocycles. The maximum absolute atomic E-state index is 10.9. The molecule has 3 nitrogen and oxygen atoms in total. The van der Waals surface area contributed by atoms with Crippen LogP contribution in [0, 0.1) is 0 Å². The normalized spacial score (nSPS) is 10.4. The van der Waals surface area contributed by atoms with E-state index in [2.05, 4.69) is 4.98 Å². The number of halogens is 1. The standard InChI is InChI=1S/C12H10ClNO2/c1-8(15)5-11-7-14-12(16-11)9-3-2-4-10(13)6-9/h2-4,6-7H,5H2,1H3. The molecule has 2 rings (SSSR count). The first-order valence-corrected chi connectivity index (χ1v) is 5.23. The smallest absolute Gasteiger partial charge is 0.226 e. The summed E-state index contributed by atoms with van der Waals surface area (Å²) in [6.45, 7) is 1.52. The van der Waals surface area contributed by atoms with Crippen molar-refractivity contribution in [2.24, 2.45) is 0 Å². The van der Waals surface area contributed by atoms with Gasteiger partial charge < -0.3 is 4.42 Å². The number of aromatic nitrogens is 1. The molecular weight excluding hydrogens is 226 g/mol. The third-order valence-electron chi connectivity index (χ3n) is 2.05. The van der Waals surface area contributed by atoms with Crippen LogP contribution in [0.4, 0.5) is 0 Å². The van der Waals surface area contributed by atoms with Gasteiger partial charge in [0.25, 0.3) is 0 Å². The number of ketones is 1. The predicted octanol–water partition coefficient (Wildman–Crippen LogP) is 3.13. The van der Waals surface area contributed by atoms with E-state index in [9.17, 15) is 4.79 Å². The second-order valence-electron chi connectivity index (χ2n) is 3.52. The van der Waals surface area contributed by atoms with E-state index < -0.39 is 0 Å². The summed E-state index contributed by atoms with van der Waals surface area (Å²) in [6, 6.07) is 7.23. The van der Waals surface area contributed by atoms with Gasteiger partial charge in [-0.3, -0.25) is 4.79 Å². The van der Waals surface area contributed by atoms with Gasteiger partial charge in [-0.05, 0) is 25.1 Å². The van der Waals surface area contributed by atoms with Crippen molar-refractivity contribution in [1.82, 2.24) is 4.98 Å². The van der Waals surface area contributed by atoms with Crippen LogP contribution in [0.25, 0.3) is 11.5 Å². The van der Waals surface area contributed by atoms with E-state index in [0.29, 0.717) is 16.7 Å². The summed E-state index contributed by atoms with van der Waals surface area (Å²) in [4.78, 5) is 15.0. The zero-order chi connectivity index (χ0) is 11.5. The van der Waals surface area contributed by atoms with Crippen molar-refractivity contribution < 1.29 is 9.21 Å². The third-order valence-corrected chi connectivity index (χ3v) is 2.28. The minimum atomic E-state index is 0.0498. The van der Waals surface area contributed by atoms with Gasteiger partial charge in [-0.25, -0.2) is 4.98 Å². The molecule has 0 aliphatic heterocycles. The van der Waals surface area contributed by atoms with Crippen LogP contribution in [0.3, 0.4) is 0 Å². The molecule has 0 spiro atoms. The van der Waals surface area contributed by atoms with Crippen LogP contribution < -0.4 is 0 Å². The zero-order valence-corrected chi connectivity index (χ0v) is 9.49. The monoisotopic (exact) mass is 235 g/mol. The molecule has 0 saturated heterocycles. The van der Waals surface area contributed by atoms with Crippen molar-refractivity contribution in [1.29, 1.82) is 0 Å². The van der Waals surface area contributed by atoms with E-state index in [1.54, 1.807) is 18.3 Å². The molecule has 0 aliphatic carbocycles. The second kappa shape index (κ2) is 4.49. The van der Waals surface area contributed by atoms with Crippen molar-refractivity contribution in [2.45, 2.75) is 13.3 Å². The molecule has 82 valence electrons. The Morgan fingerprint density at radius 1 is 1.50 bits per heavy atom. The summed E-state index contributed by atoms with van der Waals surface area (Å²) in [5, 5.41) is 0.629.